The largest absolute Gasteiger partial charge is 0.425 e. The minimum atomic E-state index is -3.90. The minimum absolute atomic E-state index is 0.0744. The van der Waals surface area contributed by atoms with Gasteiger partial charge in [0.2, 0.25) is 10.0 Å². The van der Waals surface area contributed by atoms with Crippen molar-refractivity contribution in [1.82, 2.24) is 4.72 Å². The molecule has 3 rings (SSSR count). The van der Waals surface area contributed by atoms with Gasteiger partial charge in [-0.2, -0.15) is 4.72 Å². The normalized spacial score (nSPS) is 12.6. The third-order valence-electron chi connectivity index (χ3n) is 5.14. The molecule has 0 bridgehead atoms. The lowest BCUT2D eigenvalue weighted by Crippen LogP contribution is -2.42. The van der Waals surface area contributed by atoms with E-state index < -0.39 is 27.7 Å². The SMILES string of the molecule is CCC[C@@H](NS(=O)(=O)c1ccc(C)cc1)C(=O)Oc1ccc2c(C)c(C)c(=O)oc2c1. The maximum absolute atomic E-state index is 12.7. The van der Waals surface area contributed by atoms with Crippen LogP contribution in [-0.4, -0.2) is 20.4 Å². The number of hydrogen-bond donors (Lipinski definition) is 1. The Morgan fingerprint density at radius 3 is 2.39 bits per heavy atom. The van der Waals surface area contributed by atoms with Crippen molar-refractivity contribution in [3.63, 3.8) is 0 Å². The highest BCUT2D eigenvalue weighted by Gasteiger charge is 2.27. The van der Waals surface area contributed by atoms with Crippen molar-refractivity contribution in [3.05, 3.63) is 69.6 Å². The molecule has 0 aliphatic heterocycles. The molecule has 7 nitrogen and oxygen atoms in total. The van der Waals surface area contributed by atoms with Gasteiger partial charge in [-0.1, -0.05) is 31.0 Å². The van der Waals surface area contributed by atoms with E-state index in [1.165, 1.54) is 18.2 Å². The summed E-state index contributed by atoms with van der Waals surface area (Å²) in [6, 6.07) is 10.0. The first-order valence-electron chi connectivity index (χ1n) is 9.97. The van der Waals surface area contributed by atoms with Crippen molar-refractivity contribution >= 4 is 27.0 Å². The molecule has 3 aromatic rings. The standard InChI is InChI=1S/C23H25NO6S/c1-5-6-20(24-31(27,28)18-10-7-14(2)8-11-18)23(26)29-17-9-12-19-15(3)16(4)22(25)30-21(19)13-17/h7-13,20,24H,5-6H2,1-4H3/t20-/m1/s1. The Bertz CT molecular complexity index is 1280. The van der Waals surface area contributed by atoms with Gasteiger partial charge < -0.3 is 9.15 Å². The van der Waals surface area contributed by atoms with E-state index in [1.54, 1.807) is 31.2 Å². The van der Waals surface area contributed by atoms with Crippen molar-refractivity contribution in [1.29, 1.82) is 0 Å². The van der Waals surface area contributed by atoms with Crippen LogP contribution in [0.2, 0.25) is 0 Å². The summed E-state index contributed by atoms with van der Waals surface area (Å²) in [5.41, 5.74) is 2.08. The molecule has 0 saturated carbocycles. The Balaban J connectivity index is 1.84. The molecule has 0 spiro atoms. The van der Waals surface area contributed by atoms with E-state index in [2.05, 4.69) is 4.72 Å². The maximum atomic E-state index is 12.7. The molecular weight excluding hydrogens is 418 g/mol. The van der Waals surface area contributed by atoms with Crippen molar-refractivity contribution < 1.29 is 22.4 Å². The predicted octanol–water partition coefficient (Wildman–Crippen LogP) is 3.77. The van der Waals surface area contributed by atoms with Gasteiger partial charge in [-0.15, -0.1) is 0 Å². The highest BCUT2D eigenvalue weighted by atomic mass is 32.2. The van der Waals surface area contributed by atoms with Crippen molar-refractivity contribution in [2.75, 3.05) is 0 Å². The number of carbonyl (C=O) groups excluding carboxylic acids is 1. The zero-order valence-corrected chi connectivity index (χ0v) is 18.7. The van der Waals surface area contributed by atoms with Crippen LogP contribution in [0.5, 0.6) is 5.75 Å². The van der Waals surface area contributed by atoms with E-state index in [9.17, 15) is 18.0 Å². The zero-order valence-electron chi connectivity index (χ0n) is 17.9. The molecule has 164 valence electrons. The minimum Gasteiger partial charge on any atom is -0.425 e. The summed E-state index contributed by atoms with van der Waals surface area (Å²) in [5, 5.41) is 0.738. The number of sulfonamides is 1. The molecule has 0 saturated heterocycles. The second-order valence-electron chi connectivity index (χ2n) is 7.49. The number of carbonyl (C=O) groups is 1. The average Bonchev–Trinajstić information content (AvgIpc) is 2.72. The molecule has 0 amide bonds. The summed E-state index contributed by atoms with van der Waals surface area (Å²) in [6.07, 6.45) is 0.839. The van der Waals surface area contributed by atoms with E-state index in [4.69, 9.17) is 9.15 Å². The first kappa shape index (κ1) is 22.7. The van der Waals surface area contributed by atoms with Gasteiger partial charge in [0.15, 0.2) is 0 Å². The number of esters is 1. The number of ether oxygens (including phenoxy) is 1. The number of benzene rings is 2. The Labute approximate surface area is 181 Å². The van der Waals surface area contributed by atoms with Gasteiger partial charge in [-0.25, -0.2) is 18.0 Å². The summed E-state index contributed by atoms with van der Waals surface area (Å²) in [6.45, 7) is 7.20. The lowest BCUT2D eigenvalue weighted by atomic mass is 10.1. The van der Waals surface area contributed by atoms with E-state index in [0.29, 0.717) is 17.6 Å². The van der Waals surface area contributed by atoms with Crippen LogP contribution in [0.4, 0.5) is 0 Å². The lowest BCUT2D eigenvalue weighted by molar-refractivity contribution is -0.136. The number of aryl methyl sites for hydroxylation is 2. The van der Waals surface area contributed by atoms with E-state index >= 15 is 0 Å². The summed E-state index contributed by atoms with van der Waals surface area (Å²) < 4.78 is 38.5. The molecule has 0 aliphatic rings. The number of hydrogen-bond acceptors (Lipinski definition) is 6. The molecular formula is C23H25NO6S. The molecule has 31 heavy (non-hydrogen) atoms. The highest BCUT2D eigenvalue weighted by molar-refractivity contribution is 7.89. The lowest BCUT2D eigenvalue weighted by Gasteiger charge is -2.17. The van der Waals surface area contributed by atoms with Crippen molar-refractivity contribution in [3.8, 4) is 5.75 Å². The van der Waals surface area contributed by atoms with Crippen LogP contribution in [0.15, 0.2) is 56.6 Å². The molecule has 1 heterocycles. The molecule has 8 heteroatoms. The van der Waals surface area contributed by atoms with Crippen LogP contribution >= 0.6 is 0 Å². The van der Waals surface area contributed by atoms with Gasteiger partial charge in [0.25, 0.3) is 0 Å². The summed E-state index contributed by atoms with van der Waals surface area (Å²) in [7, 11) is -3.90. The molecule has 1 N–H and O–H groups in total. The fourth-order valence-electron chi connectivity index (χ4n) is 3.17. The topological polar surface area (TPSA) is 103 Å². The van der Waals surface area contributed by atoms with Gasteiger partial charge in [0.1, 0.15) is 17.4 Å². The first-order chi connectivity index (χ1) is 14.6. The summed E-state index contributed by atoms with van der Waals surface area (Å²) >= 11 is 0. The third-order valence-corrected chi connectivity index (χ3v) is 6.63. The molecule has 1 aromatic heterocycles. The van der Waals surface area contributed by atoms with Gasteiger partial charge in [-0.05, 0) is 57.0 Å². The highest BCUT2D eigenvalue weighted by Crippen LogP contribution is 2.24. The zero-order chi connectivity index (χ0) is 22.8. The summed E-state index contributed by atoms with van der Waals surface area (Å²) in [5.74, 6) is -0.567. The smallest absolute Gasteiger partial charge is 0.339 e. The Hall–Kier alpha value is -2.97. The van der Waals surface area contributed by atoms with Gasteiger partial charge in [-0.3, -0.25) is 0 Å². The van der Waals surface area contributed by atoms with Crippen molar-refractivity contribution in [2.45, 2.75) is 51.5 Å². The van der Waals surface area contributed by atoms with Crippen LogP contribution in [0.1, 0.15) is 36.5 Å². The fraction of sp³-hybridized carbons (Fsp3) is 0.304. The second-order valence-corrected chi connectivity index (χ2v) is 9.21. The molecule has 0 radical (unpaired) electrons. The monoisotopic (exact) mass is 443 g/mol. The fourth-order valence-corrected chi connectivity index (χ4v) is 4.38. The average molecular weight is 444 g/mol. The van der Waals surface area contributed by atoms with E-state index in [1.807, 2.05) is 20.8 Å². The molecule has 2 aromatic carbocycles. The molecule has 0 fully saturated rings. The van der Waals surface area contributed by atoms with Gasteiger partial charge >= 0.3 is 11.6 Å². The Morgan fingerprint density at radius 2 is 1.74 bits per heavy atom. The summed E-state index contributed by atoms with van der Waals surface area (Å²) in [4.78, 5) is 24.8. The maximum Gasteiger partial charge on any atom is 0.339 e. The van der Waals surface area contributed by atoms with E-state index in [0.717, 1.165) is 16.5 Å². The molecule has 1 atom stereocenters. The van der Waals surface area contributed by atoms with Crippen LogP contribution in [0, 0.1) is 20.8 Å². The van der Waals surface area contributed by atoms with E-state index in [-0.39, 0.29) is 17.1 Å². The van der Waals surface area contributed by atoms with Crippen molar-refractivity contribution in [2.24, 2.45) is 0 Å². The number of rotatable bonds is 7. The van der Waals surface area contributed by atoms with Crippen LogP contribution < -0.4 is 15.1 Å². The molecule has 0 unspecified atom stereocenters. The quantitative estimate of drug-likeness (QED) is 0.339. The predicted molar refractivity (Wildman–Crippen MR) is 118 cm³/mol. The van der Waals surface area contributed by atoms with Gasteiger partial charge in [0.05, 0.1) is 4.90 Å². The number of nitrogens with one attached hydrogen (secondary N) is 1. The van der Waals surface area contributed by atoms with Gasteiger partial charge in [0, 0.05) is 17.0 Å². The molecule has 0 aliphatic carbocycles. The van der Waals surface area contributed by atoms with Crippen LogP contribution in [0.3, 0.4) is 0 Å². The second kappa shape index (κ2) is 9.03. The Kier molecular flexibility index (Phi) is 6.62. The third kappa shape index (κ3) is 5.03. The van der Waals surface area contributed by atoms with Crippen LogP contribution in [0.25, 0.3) is 11.0 Å². The number of fused-ring (bicyclic) bond motifs is 1. The van der Waals surface area contributed by atoms with Crippen LogP contribution in [-0.2, 0) is 14.8 Å². The first-order valence-corrected chi connectivity index (χ1v) is 11.5. The Morgan fingerprint density at radius 1 is 1.06 bits per heavy atom.